The molecule has 2 rings (SSSR count). The normalized spacial score (nSPS) is 11.6. The third-order valence-electron chi connectivity index (χ3n) is 3.50. The molecular weight excluding hydrogens is 266 g/mol. The van der Waals surface area contributed by atoms with Crippen LogP contribution in [-0.4, -0.2) is 29.1 Å². The SMILES string of the molecule is CC(C)(CCO)CNC(=O)c1cc(N)c2ccccc2n1. The molecular formula is C16H21N3O2. The number of anilines is 1. The Bertz CT molecular complexity index is 653. The van der Waals surface area contributed by atoms with Crippen molar-refractivity contribution >= 4 is 22.5 Å². The molecule has 0 atom stereocenters. The number of aliphatic hydroxyl groups excluding tert-OH is 1. The first-order valence-corrected chi connectivity index (χ1v) is 6.97. The summed E-state index contributed by atoms with van der Waals surface area (Å²) >= 11 is 0. The molecule has 0 aliphatic heterocycles. The smallest absolute Gasteiger partial charge is 0.269 e. The number of benzene rings is 1. The molecule has 4 N–H and O–H groups in total. The van der Waals surface area contributed by atoms with Gasteiger partial charge in [-0.05, 0) is 24.0 Å². The second-order valence-corrected chi connectivity index (χ2v) is 5.93. The maximum absolute atomic E-state index is 12.2. The Balaban J connectivity index is 2.16. The van der Waals surface area contributed by atoms with Crippen LogP contribution in [0.1, 0.15) is 30.8 Å². The number of amides is 1. The van der Waals surface area contributed by atoms with Crippen molar-refractivity contribution in [1.29, 1.82) is 0 Å². The van der Waals surface area contributed by atoms with Gasteiger partial charge in [0.1, 0.15) is 5.69 Å². The number of nitrogens with one attached hydrogen (secondary N) is 1. The molecule has 0 aliphatic carbocycles. The van der Waals surface area contributed by atoms with Crippen molar-refractivity contribution < 1.29 is 9.90 Å². The maximum atomic E-state index is 12.2. The van der Waals surface area contributed by atoms with E-state index in [1.54, 1.807) is 6.07 Å². The molecule has 21 heavy (non-hydrogen) atoms. The summed E-state index contributed by atoms with van der Waals surface area (Å²) in [5, 5.41) is 12.7. The number of hydrogen-bond donors (Lipinski definition) is 3. The second kappa shape index (κ2) is 6.10. The van der Waals surface area contributed by atoms with Crippen LogP contribution in [0.3, 0.4) is 0 Å². The van der Waals surface area contributed by atoms with E-state index in [4.69, 9.17) is 10.8 Å². The van der Waals surface area contributed by atoms with E-state index in [-0.39, 0.29) is 17.9 Å². The van der Waals surface area contributed by atoms with Gasteiger partial charge in [0.15, 0.2) is 0 Å². The van der Waals surface area contributed by atoms with Crippen LogP contribution in [-0.2, 0) is 0 Å². The number of fused-ring (bicyclic) bond motifs is 1. The average Bonchev–Trinajstić information content (AvgIpc) is 2.45. The topological polar surface area (TPSA) is 88.2 Å². The second-order valence-electron chi connectivity index (χ2n) is 5.93. The molecule has 0 radical (unpaired) electrons. The number of para-hydroxylation sites is 1. The highest BCUT2D eigenvalue weighted by atomic mass is 16.3. The Morgan fingerprint density at radius 2 is 2.10 bits per heavy atom. The van der Waals surface area contributed by atoms with Gasteiger partial charge < -0.3 is 16.2 Å². The molecule has 0 spiro atoms. The number of nitrogen functional groups attached to an aromatic ring is 1. The Labute approximate surface area is 124 Å². The van der Waals surface area contributed by atoms with Gasteiger partial charge in [0.25, 0.3) is 5.91 Å². The molecule has 0 saturated heterocycles. The molecule has 5 nitrogen and oxygen atoms in total. The van der Waals surface area contributed by atoms with Gasteiger partial charge in [-0.2, -0.15) is 0 Å². The zero-order valence-electron chi connectivity index (χ0n) is 12.4. The first-order chi connectivity index (χ1) is 9.93. The lowest BCUT2D eigenvalue weighted by atomic mass is 9.90. The summed E-state index contributed by atoms with van der Waals surface area (Å²) in [7, 11) is 0. The third-order valence-corrected chi connectivity index (χ3v) is 3.50. The minimum absolute atomic E-state index is 0.101. The summed E-state index contributed by atoms with van der Waals surface area (Å²) in [6, 6.07) is 9.05. The van der Waals surface area contributed by atoms with Gasteiger partial charge in [-0.3, -0.25) is 4.79 Å². The van der Waals surface area contributed by atoms with Crippen LogP contribution >= 0.6 is 0 Å². The van der Waals surface area contributed by atoms with E-state index in [0.717, 1.165) is 5.39 Å². The number of rotatable bonds is 5. The van der Waals surface area contributed by atoms with Gasteiger partial charge in [0.2, 0.25) is 0 Å². The van der Waals surface area contributed by atoms with Crippen LogP contribution in [0, 0.1) is 5.41 Å². The lowest BCUT2D eigenvalue weighted by molar-refractivity contribution is 0.0923. The third kappa shape index (κ3) is 3.70. The van der Waals surface area contributed by atoms with Gasteiger partial charge >= 0.3 is 0 Å². The van der Waals surface area contributed by atoms with Crippen LogP contribution in [0.2, 0.25) is 0 Å². The molecule has 1 heterocycles. The molecule has 1 aromatic carbocycles. The molecule has 1 aromatic heterocycles. The summed E-state index contributed by atoms with van der Waals surface area (Å²) in [6.45, 7) is 4.56. The minimum Gasteiger partial charge on any atom is -0.398 e. The quantitative estimate of drug-likeness (QED) is 0.784. The summed E-state index contributed by atoms with van der Waals surface area (Å²) in [5.41, 5.74) is 7.37. The Hall–Kier alpha value is -2.14. The van der Waals surface area contributed by atoms with E-state index in [2.05, 4.69) is 10.3 Å². The zero-order valence-corrected chi connectivity index (χ0v) is 12.4. The van der Waals surface area contributed by atoms with Crippen LogP contribution in [0.15, 0.2) is 30.3 Å². The fourth-order valence-electron chi connectivity index (χ4n) is 2.12. The van der Waals surface area contributed by atoms with E-state index in [1.807, 2.05) is 38.1 Å². The van der Waals surface area contributed by atoms with E-state index in [1.165, 1.54) is 0 Å². The van der Waals surface area contributed by atoms with Crippen molar-refractivity contribution in [2.75, 3.05) is 18.9 Å². The largest absolute Gasteiger partial charge is 0.398 e. The summed E-state index contributed by atoms with van der Waals surface area (Å²) in [6.07, 6.45) is 0.626. The van der Waals surface area contributed by atoms with Crippen molar-refractivity contribution in [2.45, 2.75) is 20.3 Å². The Morgan fingerprint density at radius 3 is 2.81 bits per heavy atom. The van der Waals surface area contributed by atoms with Crippen molar-refractivity contribution in [3.05, 3.63) is 36.0 Å². The first kappa shape index (κ1) is 15.3. The lowest BCUT2D eigenvalue weighted by Gasteiger charge is -2.23. The predicted molar refractivity (Wildman–Crippen MR) is 84.0 cm³/mol. The van der Waals surface area contributed by atoms with E-state index >= 15 is 0 Å². The van der Waals surface area contributed by atoms with Gasteiger partial charge in [0, 0.05) is 24.2 Å². The summed E-state index contributed by atoms with van der Waals surface area (Å²) in [4.78, 5) is 16.5. The molecule has 0 unspecified atom stereocenters. The molecule has 112 valence electrons. The highest BCUT2D eigenvalue weighted by Crippen LogP contribution is 2.21. The molecule has 2 aromatic rings. The minimum atomic E-state index is -0.251. The van der Waals surface area contributed by atoms with Crippen LogP contribution in [0.4, 0.5) is 5.69 Å². The first-order valence-electron chi connectivity index (χ1n) is 6.97. The van der Waals surface area contributed by atoms with Crippen LogP contribution in [0.25, 0.3) is 10.9 Å². The number of hydrogen-bond acceptors (Lipinski definition) is 4. The number of aliphatic hydroxyl groups is 1. The number of nitrogens with two attached hydrogens (primary N) is 1. The monoisotopic (exact) mass is 287 g/mol. The van der Waals surface area contributed by atoms with Crippen LogP contribution < -0.4 is 11.1 Å². The van der Waals surface area contributed by atoms with Gasteiger partial charge in [0.05, 0.1) is 5.52 Å². The fraction of sp³-hybridized carbons (Fsp3) is 0.375. The summed E-state index contributed by atoms with van der Waals surface area (Å²) < 4.78 is 0. The molecule has 1 amide bonds. The highest BCUT2D eigenvalue weighted by Gasteiger charge is 2.19. The van der Waals surface area contributed by atoms with E-state index in [0.29, 0.717) is 29.9 Å². The van der Waals surface area contributed by atoms with Crippen molar-refractivity contribution in [2.24, 2.45) is 5.41 Å². The Kier molecular flexibility index (Phi) is 4.43. The van der Waals surface area contributed by atoms with Crippen molar-refractivity contribution in [3.63, 3.8) is 0 Å². The van der Waals surface area contributed by atoms with E-state index < -0.39 is 0 Å². The molecule has 5 heteroatoms. The number of carbonyl (C=O) groups is 1. The molecule has 0 bridgehead atoms. The van der Waals surface area contributed by atoms with Gasteiger partial charge in [-0.25, -0.2) is 4.98 Å². The molecule has 0 saturated carbocycles. The highest BCUT2D eigenvalue weighted by molar-refractivity contribution is 5.99. The van der Waals surface area contributed by atoms with Crippen molar-refractivity contribution in [1.82, 2.24) is 10.3 Å². The summed E-state index contributed by atoms with van der Waals surface area (Å²) in [5.74, 6) is -0.251. The number of carbonyl (C=O) groups excluding carboxylic acids is 1. The zero-order chi connectivity index (χ0) is 15.5. The van der Waals surface area contributed by atoms with Gasteiger partial charge in [-0.1, -0.05) is 32.0 Å². The fourth-order valence-corrected chi connectivity index (χ4v) is 2.12. The molecule has 0 fully saturated rings. The number of pyridine rings is 1. The van der Waals surface area contributed by atoms with E-state index in [9.17, 15) is 4.79 Å². The lowest BCUT2D eigenvalue weighted by Crippen LogP contribution is -2.35. The van der Waals surface area contributed by atoms with Crippen LogP contribution in [0.5, 0.6) is 0 Å². The predicted octanol–water partition coefficient (Wildman–Crippen LogP) is 1.96. The van der Waals surface area contributed by atoms with Crippen molar-refractivity contribution in [3.8, 4) is 0 Å². The standard InChI is InChI=1S/C16H21N3O2/c1-16(2,7-8-20)10-18-15(21)14-9-12(17)11-5-3-4-6-13(11)19-14/h3-6,9,20H,7-8,10H2,1-2H3,(H2,17,19)(H,18,21). The average molecular weight is 287 g/mol. The maximum Gasteiger partial charge on any atom is 0.269 e. The van der Waals surface area contributed by atoms with Gasteiger partial charge in [-0.15, -0.1) is 0 Å². The molecule has 0 aliphatic rings. The number of nitrogens with zero attached hydrogens (tertiary/aromatic N) is 1. The number of aromatic nitrogens is 1. The Morgan fingerprint density at radius 1 is 1.38 bits per heavy atom.